The summed E-state index contributed by atoms with van der Waals surface area (Å²) >= 11 is 0. The second-order valence-corrected chi connectivity index (χ2v) is 3.65. The second kappa shape index (κ2) is 5.24. The van der Waals surface area contributed by atoms with E-state index < -0.39 is 0 Å². The SMILES string of the molecule is C#Cc1ccc(-c2ccc(OC)c(OC)c2)nc1. The number of ether oxygens (including phenoxy) is 2. The summed E-state index contributed by atoms with van der Waals surface area (Å²) in [5.41, 5.74) is 2.56. The van der Waals surface area contributed by atoms with Crippen LogP contribution in [0.2, 0.25) is 0 Å². The van der Waals surface area contributed by atoms with Crippen molar-refractivity contribution in [3.63, 3.8) is 0 Å². The highest BCUT2D eigenvalue weighted by atomic mass is 16.5. The topological polar surface area (TPSA) is 31.4 Å². The van der Waals surface area contributed by atoms with Gasteiger partial charge in [-0.2, -0.15) is 0 Å². The van der Waals surface area contributed by atoms with E-state index in [4.69, 9.17) is 15.9 Å². The lowest BCUT2D eigenvalue weighted by Gasteiger charge is -2.09. The highest BCUT2D eigenvalue weighted by Gasteiger charge is 2.06. The molecule has 1 aromatic carbocycles. The van der Waals surface area contributed by atoms with E-state index in [1.807, 2.05) is 30.3 Å². The predicted octanol–water partition coefficient (Wildman–Crippen LogP) is 2.75. The molecule has 1 heterocycles. The average molecular weight is 239 g/mol. The Labute approximate surface area is 106 Å². The van der Waals surface area contributed by atoms with E-state index in [0.29, 0.717) is 11.5 Å². The van der Waals surface area contributed by atoms with Crippen LogP contribution < -0.4 is 9.47 Å². The quantitative estimate of drug-likeness (QED) is 0.772. The molecule has 0 unspecified atom stereocenters. The molecule has 0 bridgehead atoms. The summed E-state index contributed by atoms with van der Waals surface area (Å²) in [6, 6.07) is 9.41. The normalized spacial score (nSPS) is 9.61. The highest BCUT2D eigenvalue weighted by Crippen LogP contribution is 2.31. The fourth-order valence-electron chi connectivity index (χ4n) is 1.65. The van der Waals surface area contributed by atoms with Crippen LogP contribution in [0.15, 0.2) is 36.5 Å². The van der Waals surface area contributed by atoms with E-state index in [-0.39, 0.29) is 0 Å². The fourth-order valence-corrected chi connectivity index (χ4v) is 1.65. The Kier molecular flexibility index (Phi) is 3.49. The van der Waals surface area contributed by atoms with Crippen molar-refractivity contribution in [1.82, 2.24) is 4.98 Å². The molecule has 1 aromatic heterocycles. The minimum atomic E-state index is 0.679. The van der Waals surface area contributed by atoms with Gasteiger partial charge in [0.15, 0.2) is 11.5 Å². The van der Waals surface area contributed by atoms with Gasteiger partial charge < -0.3 is 9.47 Å². The van der Waals surface area contributed by atoms with E-state index >= 15 is 0 Å². The lowest BCUT2D eigenvalue weighted by Crippen LogP contribution is -1.91. The van der Waals surface area contributed by atoms with E-state index in [0.717, 1.165) is 16.8 Å². The second-order valence-electron chi connectivity index (χ2n) is 3.65. The zero-order chi connectivity index (χ0) is 13.0. The maximum Gasteiger partial charge on any atom is 0.161 e. The number of pyridine rings is 1. The lowest BCUT2D eigenvalue weighted by atomic mass is 10.1. The molecule has 0 amide bonds. The van der Waals surface area contributed by atoms with Crippen LogP contribution in [-0.4, -0.2) is 19.2 Å². The van der Waals surface area contributed by atoms with Gasteiger partial charge in [0.2, 0.25) is 0 Å². The van der Waals surface area contributed by atoms with Crippen molar-refractivity contribution < 1.29 is 9.47 Å². The molecular formula is C15H13NO2. The van der Waals surface area contributed by atoms with Crippen LogP contribution in [0.1, 0.15) is 5.56 Å². The van der Waals surface area contributed by atoms with Gasteiger partial charge >= 0.3 is 0 Å². The Morgan fingerprint density at radius 2 is 1.83 bits per heavy atom. The van der Waals surface area contributed by atoms with Crippen molar-refractivity contribution in [2.75, 3.05) is 14.2 Å². The molecule has 2 aromatic rings. The summed E-state index contributed by atoms with van der Waals surface area (Å²) in [6.45, 7) is 0. The minimum Gasteiger partial charge on any atom is -0.493 e. The molecule has 0 N–H and O–H groups in total. The molecule has 0 aliphatic rings. The monoisotopic (exact) mass is 239 g/mol. The van der Waals surface area contributed by atoms with Crippen molar-refractivity contribution in [1.29, 1.82) is 0 Å². The standard InChI is InChI=1S/C15H13NO2/c1-4-11-5-7-13(16-10-11)12-6-8-14(17-2)15(9-12)18-3/h1,5-10H,2-3H3. The number of hydrogen-bond acceptors (Lipinski definition) is 3. The van der Waals surface area contributed by atoms with Crippen LogP contribution in [0, 0.1) is 12.3 Å². The molecule has 18 heavy (non-hydrogen) atoms. The Balaban J connectivity index is 2.41. The summed E-state index contributed by atoms with van der Waals surface area (Å²) in [5.74, 6) is 3.91. The minimum absolute atomic E-state index is 0.679. The van der Waals surface area contributed by atoms with Gasteiger partial charge in [-0.1, -0.05) is 5.92 Å². The lowest BCUT2D eigenvalue weighted by molar-refractivity contribution is 0.355. The number of methoxy groups -OCH3 is 2. The molecule has 0 saturated carbocycles. The Hall–Kier alpha value is -2.47. The van der Waals surface area contributed by atoms with E-state index in [1.165, 1.54) is 0 Å². The maximum atomic E-state index is 5.30. The van der Waals surface area contributed by atoms with Gasteiger partial charge in [0.05, 0.1) is 19.9 Å². The third-order valence-electron chi connectivity index (χ3n) is 2.61. The van der Waals surface area contributed by atoms with Crippen LogP contribution in [0.3, 0.4) is 0 Å². The number of rotatable bonds is 3. The molecule has 0 spiro atoms. The molecule has 0 aliphatic heterocycles. The molecule has 90 valence electrons. The fraction of sp³-hybridized carbons (Fsp3) is 0.133. The van der Waals surface area contributed by atoms with Crippen molar-refractivity contribution in [2.45, 2.75) is 0 Å². The highest BCUT2D eigenvalue weighted by molar-refractivity contribution is 5.64. The van der Waals surface area contributed by atoms with Gasteiger partial charge in [0.1, 0.15) is 0 Å². The summed E-state index contributed by atoms with van der Waals surface area (Å²) in [5, 5.41) is 0. The van der Waals surface area contributed by atoms with Gasteiger partial charge in [-0.15, -0.1) is 6.42 Å². The number of benzene rings is 1. The van der Waals surface area contributed by atoms with Crippen LogP contribution in [-0.2, 0) is 0 Å². The number of terminal acetylenes is 1. The van der Waals surface area contributed by atoms with E-state index in [9.17, 15) is 0 Å². The molecule has 0 saturated heterocycles. The third-order valence-corrected chi connectivity index (χ3v) is 2.61. The van der Waals surface area contributed by atoms with Crippen molar-refractivity contribution in [3.05, 3.63) is 42.1 Å². The number of hydrogen-bond donors (Lipinski definition) is 0. The molecule has 3 heteroatoms. The molecule has 0 radical (unpaired) electrons. The predicted molar refractivity (Wildman–Crippen MR) is 70.7 cm³/mol. The van der Waals surface area contributed by atoms with Crippen molar-refractivity contribution in [3.8, 4) is 35.1 Å². The zero-order valence-electron chi connectivity index (χ0n) is 10.3. The first-order valence-corrected chi connectivity index (χ1v) is 5.43. The third kappa shape index (κ3) is 2.28. The number of nitrogens with zero attached hydrogens (tertiary/aromatic N) is 1. The van der Waals surface area contributed by atoms with Crippen LogP contribution in [0.25, 0.3) is 11.3 Å². The van der Waals surface area contributed by atoms with Gasteiger partial charge in [-0.25, -0.2) is 0 Å². The molecule has 2 rings (SSSR count). The Bertz CT molecular complexity index is 582. The maximum absolute atomic E-state index is 5.30. The first kappa shape index (κ1) is 12.0. The Morgan fingerprint density at radius 3 is 2.39 bits per heavy atom. The molecule has 3 nitrogen and oxygen atoms in total. The zero-order valence-corrected chi connectivity index (χ0v) is 10.3. The first-order chi connectivity index (χ1) is 8.78. The summed E-state index contributed by atoms with van der Waals surface area (Å²) in [7, 11) is 3.22. The largest absolute Gasteiger partial charge is 0.493 e. The average Bonchev–Trinajstić information content (AvgIpc) is 2.46. The molecule has 0 fully saturated rings. The summed E-state index contributed by atoms with van der Waals surface area (Å²) < 4.78 is 10.4. The van der Waals surface area contributed by atoms with Gasteiger partial charge in [0, 0.05) is 17.3 Å². The summed E-state index contributed by atoms with van der Waals surface area (Å²) in [4.78, 5) is 4.31. The number of aromatic nitrogens is 1. The smallest absolute Gasteiger partial charge is 0.161 e. The van der Waals surface area contributed by atoms with E-state index in [1.54, 1.807) is 20.4 Å². The van der Waals surface area contributed by atoms with Crippen molar-refractivity contribution >= 4 is 0 Å². The summed E-state index contributed by atoms with van der Waals surface area (Å²) in [6.07, 6.45) is 6.97. The van der Waals surface area contributed by atoms with Crippen LogP contribution in [0.4, 0.5) is 0 Å². The van der Waals surface area contributed by atoms with Crippen LogP contribution in [0.5, 0.6) is 11.5 Å². The Morgan fingerprint density at radius 1 is 1.06 bits per heavy atom. The first-order valence-electron chi connectivity index (χ1n) is 5.43. The van der Waals surface area contributed by atoms with Gasteiger partial charge in [-0.3, -0.25) is 4.98 Å². The molecule has 0 atom stereocenters. The molecular weight excluding hydrogens is 226 g/mol. The van der Waals surface area contributed by atoms with Gasteiger partial charge in [-0.05, 0) is 30.3 Å². The van der Waals surface area contributed by atoms with E-state index in [2.05, 4.69) is 10.9 Å². The van der Waals surface area contributed by atoms with Gasteiger partial charge in [0.25, 0.3) is 0 Å². The van der Waals surface area contributed by atoms with Crippen LogP contribution >= 0.6 is 0 Å². The molecule has 0 aliphatic carbocycles. The van der Waals surface area contributed by atoms with Crippen molar-refractivity contribution in [2.24, 2.45) is 0 Å².